The number of likely N-dealkylation sites (N-methyl/N-ethyl adjacent to an activating group) is 1. The molecule has 0 fully saturated rings. The normalized spacial score (nSPS) is 10.5. The van der Waals surface area contributed by atoms with Gasteiger partial charge in [0.1, 0.15) is 0 Å². The zero-order valence-electron chi connectivity index (χ0n) is 9.83. The molecule has 0 saturated carbocycles. The van der Waals surface area contributed by atoms with Crippen LogP contribution in [-0.4, -0.2) is 42.5 Å². The second-order valence-corrected chi connectivity index (χ2v) is 5.67. The van der Waals surface area contributed by atoms with Crippen LogP contribution in [0.1, 0.15) is 10.4 Å². The molecule has 0 saturated heterocycles. The number of carbonyl (C=O) groups excluding carboxylic acids is 1. The highest BCUT2D eigenvalue weighted by Gasteiger charge is 2.17. The lowest BCUT2D eigenvalue weighted by Gasteiger charge is -2.13. The van der Waals surface area contributed by atoms with E-state index in [2.05, 4.69) is 37.2 Å². The molecule has 0 aromatic heterocycles. The van der Waals surface area contributed by atoms with Crippen molar-refractivity contribution in [2.24, 2.45) is 0 Å². The zero-order valence-corrected chi connectivity index (χ0v) is 13.0. The number of carbonyl (C=O) groups is 2. The molecule has 7 heteroatoms. The van der Waals surface area contributed by atoms with Gasteiger partial charge in [0, 0.05) is 8.95 Å². The lowest BCUT2D eigenvalue weighted by atomic mass is 10.2. The number of benzene rings is 1. The topological polar surface area (TPSA) is 69.6 Å². The molecule has 0 aliphatic carbocycles. The summed E-state index contributed by atoms with van der Waals surface area (Å²) >= 11 is 6.45. The number of nitrogens with zero attached hydrogens (tertiary/aromatic N) is 1. The first-order valence-electron chi connectivity index (χ1n) is 4.98. The number of carboxylic acid groups (broad SMARTS) is 1. The van der Waals surface area contributed by atoms with Crippen LogP contribution in [0.5, 0.6) is 0 Å². The maximum Gasteiger partial charge on any atom is 0.337 e. The second kappa shape index (κ2) is 6.31. The van der Waals surface area contributed by atoms with Crippen molar-refractivity contribution in [2.75, 3.05) is 26.0 Å². The molecule has 2 N–H and O–H groups in total. The first-order chi connectivity index (χ1) is 8.31. The van der Waals surface area contributed by atoms with Gasteiger partial charge >= 0.3 is 5.97 Å². The lowest BCUT2D eigenvalue weighted by molar-refractivity contribution is -0.116. The van der Waals surface area contributed by atoms with Crippen LogP contribution in [0.3, 0.4) is 0 Å². The number of hydrogen-bond donors (Lipinski definition) is 2. The molecule has 1 aromatic rings. The van der Waals surface area contributed by atoms with E-state index < -0.39 is 5.97 Å². The third-order valence-electron chi connectivity index (χ3n) is 2.01. The van der Waals surface area contributed by atoms with E-state index in [0.29, 0.717) is 8.95 Å². The molecular formula is C11H12Br2N2O3. The molecule has 98 valence electrons. The Bertz CT molecular complexity index is 489. The summed E-state index contributed by atoms with van der Waals surface area (Å²) in [6, 6.07) is 3.12. The Morgan fingerprint density at radius 1 is 1.33 bits per heavy atom. The number of carboxylic acids is 1. The Morgan fingerprint density at radius 2 is 1.94 bits per heavy atom. The second-order valence-electron chi connectivity index (χ2n) is 3.90. The molecule has 0 spiro atoms. The van der Waals surface area contributed by atoms with Crippen molar-refractivity contribution < 1.29 is 14.7 Å². The summed E-state index contributed by atoms with van der Waals surface area (Å²) < 4.78 is 1.14. The monoisotopic (exact) mass is 378 g/mol. The molecule has 1 amide bonds. The van der Waals surface area contributed by atoms with Crippen LogP contribution < -0.4 is 5.32 Å². The number of rotatable bonds is 4. The van der Waals surface area contributed by atoms with Crippen molar-refractivity contribution in [3.8, 4) is 0 Å². The van der Waals surface area contributed by atoms with Gasteiger partial charge < -0.3 is 15.3 Å². The van der Waals surface area contributed by atoms with E-state index in [9.17, 15) is 9.59 Å². The zero-order chi connectivity index (χ0) is 13.9. The molecule has 18 heavy (non-hydrogen) atoms. The van der Waals surface area contributed by atoms with Crippen LogP contribution >= 0.6 is 31.9 Å². The average Bonchev–Trinajstić information content (AvgIpc) is 2.20. The van der Waals surface area contributed by atoms with Crippen molar-refractivity contribution in [3.63, 3.8) is 0 Å². The fourth-order valence-electron chi connectivity index (χ4n) is 1.34. The highest BCUT2D eigenvalue weighted by Crippen LogP contribution is 2.30. The number of aromatic carboxylic acids is 1. The molecule has 0 aliphatic heterocycles. The van der Waals surface area contributed by atoms with Gasteiger partial charge in [-0.15, -0.1) is 0 Å². The quantitative estimate of drug-likeness (QED) is 0.842. The summed E-state index contributed by atoms with van der Waals surface area (Å²) in [5, 5.41) is 11.7. The number of anilines is 1. The number of halogens is 2. The summed E-state index contributed by atoms with van der Waals surface area (Å²) in [4.78, 5) is 24.5. The van der Waals surface area contributed by atoms with Crippen LogP contribution in [0.2, 0.25) is 0 Å². The summed E-state index contributed by atoms with van der Waals surface area (Å²) in [7, 11) is 3.52. The molecular weight excluding hydrogens is 368 g/mol. The van der Waals surface area contributed by atoms with Gasteiger partial charge in [0.15, 0.2) is 0 Å². The van der Waals surface area contributed by atoms with Crippen molar-refractivity contribution >= 4 is 49.4 Å². The maximum atomic E-state index is 11.7. The summed E-state index contributed by atoms with van der Waals surface area (Å²) in [6.45, 7) is 0.182. The Balaban J connectivity index is 3.07. The maximum absolute atomic E-state index is 11.7. The molecule has 0 radical (unpaired) electrons. The molecule has 0 unspecified atom stereocenters. The highest BCUT2D eigenvalue weighted by atomic mass is 79.9. The predicted octanol–water partition coefficient (Wildman–Crippen LogP) is 2.41. The van der Waals surface area contributed by atoms with Crippen LogP contribution in [0, 0.1) is 0 Å². The van der Waals surface area contributed by atoms with Gasteiger partial charge in [-0.3, -0.25) is 4.79 Å². The largest absolute Gasteiger partial charge is 0.478 e. The van der Waals surface area contributed by atoms with Crippen molar-refractivity contribution in [2.45, 2.75) is 0 Å². The molecule has 0 bridgehead atoms. The fraction of sp³-hybridized carbons (Fsp3) is 0.273. The first kappa shape index (κ1) is 15.1. The van der Waals surface area contributed by atoms with Gasteiger partial charge in [0.05, 0.1) is 17.8 Å². The van der Waals surface area contributed by atoms with Gasteiger partial charge in [0.25, 0.3) is 0 Å². The molecule has 0 atom stereocenters. The third-order valence-corrected chi connectivity index (χ3v) is 3.09. The van der Waals surface area contributed by atoms with Crippen molar-refractivity contribution in [1.29, 1.82) is 0 Å². The highest BCUT2D eigenvalue weighted by molar-refractivity contribution is 9.11. The van der Waals surface area contributed by atoms with E-state index in [1.807, 2.05) is 0 Å². The standard InChI is InChI=1S/C11H12Br2N2O3/c1-15(2)5-9(16)14-10-7(11(17)18)3-6(12)4-8(10)13/h3-4H,5H2,1-2H3,(H,14,16)(H,17,18). The van der Waals surface area contributed by atoms with E-state index in [4.69, 9.17) is 5.11 Å². The van der Waals surface area contributed by atoms with E-state index in [-0.39, 0.29) is 23.7 Å². The Kier molecular flexibility index (Phi) is 5.30. The van der Waals surface area contributed by atoms with Gasteiger partial charge in [-0.2, -0.15) is 0 Å². The van der Waals surface area contributed by atoms with E-state index >= 15 is 0 Å². The van der Waals surface area contributed by atoms with E-state index in [0.717, 1.165) is 0 Å². The van der Waals surface area contributed by atoms with Crippen LogP contribution in [0.25, 0.3) is 0 Å². The molecule has 5 nitrogen and oxygen atoms in total. The number of hydrogen-bond acceptors (Lipinski definition) is 3. The Hall–Kier alpha value is -0.920. The predicted molar refractivity (Wildman–Crippen MR) is 76.0 cm³/mol. The Labute approximate surface area is 121 Å². The number of amides is 1. The van der Waals surface area contributed by atoms with Gasteiger partial charge in [-0.05, 0) is 42.2 Å². The average molecular weight is 380 g/mol. The minimum atomic E-state index is -1.10. The van der Waals surface area contributed by atoms with Gasteiger partial charge in [0.2, 0.25) is 5.91 Å². The molecule has 1 rings (SSSR count). The number of nitrogens with one attached hydrogen (secondary N) is 1. The minimum absolute atomic E-state index is 0.0309. The van der Waals surface area contributed by atoms with Crippen LogP contribution in [0.15, 0.2) is 21.1 Å². The molecule has 0 aliphatic rings. The molecule has 1 aromatic carbocycles. The molecule has 0 heterocycles. The van der Waals surface area contributed by atoms with Gasteiger partial charge in [-0.1, -0.05) is 15.9 Å². The summed E-state index contributed by atoms with van der Waals surface area (Å²) in [6.07, 6.45) is 0. The van der Waals surface area contributed by atoms with Crippen molar-refractivity contribution in [1.82, 2.24) is 4.90 Å². The first-order valence-corrected chi connectivity index (χ1v) is 6.56. The van der Waals surface area contributed by atoms with E-state index in [1.54, 1.807) is 25.1 Å². The summed E-state index contributed by atoms with van der Waals surface area (Å²) in [5.74, 6) is -1.37. The fourth-order valence-corrected chi connectivity index (χ4v) is 2.66. The Morgan fingerprint density at radius 3 is 2.44 bits per heavy atom. The van der Waals surface area contributed by atoms with Crippen LogP contribution in [-0.2, 0) is 4.79 Å². The summed E-state index contributed by atoms with van der Waals surface area (Å²) in [5.41, 5.74) is 0.293. The lowest BCUT2D eigenvalue weighted by Crippen LogP contribution is -2.27. The van der Waals surface area contributed by atoms with Crippen LogP contribution in [0.4, 0.5) is 5.69 Å². The van der Waals surface area contributed by atoms with Gasteiger partial charge in [-0.25, -0.2) is 4.79 Å². The smallest absolute Gasteiger partial charge is 0.337 e. The minimum Gasteiger partial charge on any atom is -0.478 e. The SMILES string of the molecule is CN(C)CC(=O)Nc1c(Br)cc(Br)cc1C(=O)O. The van der Waals surface area contributed by atoms with Crippen molar-refractivity contribution in [3.05, 3.63) is 26.6 Å². The third kappa shape index (κ3) is 4.08. The van der Waals surface area contributed by atoms with E-state index in [1.165, 1.54) is 6.07 Å².